The maximum atomic E-state index is 12.8. The Balaban J connectivity index is 1.59. The quantitative estimate of drug-likeness (QED) is 0.776. The van der Waals surface area contributed by atoms with Crippen molar-refractivity contribution in [3.05, 3.63) is 70.3 Å². The minimum Gasteiger partial charge on any atom is -0.496 e. The number of allylic oxidation sites excluding steroid dienone is 1. The number of hydrogen-bond donors (Lipinski definition) is 0. The second-order valence-electron chi connectivity index (χ2n) is 7.12. The summed E-state index contributed by atoms with van der Waals surface area (Å²) in [5.41, 5.74) is 5.09. The van der Waals surface area contributed by atoms with Crippen LogP contribution in [0.4, 0.5) is 0 Å². The fourth-order valence-electron chi connectivity index (χ4n) is 3.87. The molecule has 0 spiro atoms. The summed E-state index contributed by atoms with van der Waals surface area (Å²) in [4.78, 5) is 15.2. The smallest absolute Gasteiger partial charge is 0.189 e. The summed E-state index contributed by atoms with van der Waals surface area (Å²) >= 11 is 0. The molecule has 2 aliphatic rings. The highest BCUT2D eigenvalue weighted by molar-refractivity contribution is 6.13. The Morgan fingerprint density at radius 2 is 1.93 bits per heavy atom. The van der Waals surface area contributed by atoms with Gasteiger partial charge >= 0.3 is 0 Å². The highest BCUT2D eigenvalue weighted by Gasteiger charge is 2.21. The Labute approximate surface area is 160 Å². The molecular weight excluding hydrogens is 338 g/mol. The zero-order chi connectivity index (χ0) is 18.6. The molecule has 0 aromatic heterocycles. The summed E-state index contributed by atoms with van der Waals surface area (Å²) in [7, 11) is 1.71. The first-order valence-corrected chi connectivity index (χ1v) is 9.55. The van der Waals surface area contributed by atoms with Crippen LogP contribution in [0.25, 0.3) is 6.08 Å². The number of methoxy groups -OCH3 is 1. The molecule has 1 aliphatic heterocycles. The van der Waals surface area contributed by atoms with E-state index in [-0.39, 0.29) is 5.78 Å². The van der Waals surface area contributed by atoms with Gasteiger partial charge in [0.1, 0.15) is 5.75 Å². The van der Waals surface area contributed by atoms with E-state index in [1.54, 1.807) is 7.11 Å². The number of aryl methyl sites for hydroxylation is 1. The van der Waals surface area contributed by atoms with Crippen molar-refractivity contribution in [1.29, 1.82) is 0 Å². The molecule has 4 heteroatoms. The molecule has 1 heterocycles. The molecule has 4 nitrogen and oxygen atoms in total. The summed E-state index contributed by atoms with van der Waals surface area (Å²) in [6.07, 6.45) is 3.76. The van der Waals surface area contributed by atoms with E-state index >= 15 is 0 Å². The monoisotopic (exact) mass is 363 g/mol. The largest absolute Gasteiger partial charge is 0.496 e. The zero-order valence-electron chi connectivity index (χ0n) is 15.7. The van der Waals surface area contributed by atoms with Crippen LogP contribution in [-0.4, -0.2) is 44.1 Å². The first-order valence-electron chi connectivity index (χ1n) is 9.55. The van der Waals surface area contributed by atoms with Crippen molar-refractivity contribution in [3.63, 3.8) is 0 Å². The predicted molar refractivity (Wildman–Crippen MR) is 106 cm³/mol. The van der Waals surface area contributed by atoms with Gasteiger partial charge in [0.15, 0.2) is 5.78 Å². The van der Waals surface area contributed by atoms with Gasteiger partial charge in [0.2, 0.25) is 0 Å². The molecule has 0 saturated carbocycles. The summed E-state index contributed by atoms with van der Waals surface area (Å²) < 4.78 is 11.0. The SMILES string of the molecule is COc1ccc(C=C2CCc3ccccc3C2=O)cc1CN1CCOCC1. The van der Waals surface area contributed by atoms with Gasteiger partial charge in [0, 0.05) is 36.3 Å². The van der Waals surface area contributed by atoms with Gasteiger partial charge in [-0.1, -0.05) is 30.3 Å². The molecule has 0 radical (unpaired) electrons. The van der Waals surface area contributed by atoms with E-state index in [1.807, 2.05) is 36.4 Å². The summed E-state index contributed by atoms with van der Waals surface area (Å²) in [5, 5.41) is 0. The minimum absolute atomic E-state index is 0.155. The van der Waals surface area contributed by atoms with Crippen LogP contribution in [0, 0.1) is 0 Å². The second kappa shape index (κ2) is 8.07. The third kappa shape index (κ3) is 3.97. The van der Waals surface area contributed by atoms with Crippen molar-refractivity contribution in [2.75, 3.05) is 33.4 Å². The fraction of sp³-hybridized carbons (Fsp3) is 0.348. The lowest BCUT2D eigenvalue weighted by Crippen LogP contribution is -2.35. The van der Waals surface area contributed by atoms with Gasteiger partial charge in [-0.3, -0.25) is 9.69 Å². The van der Waals surface area contributed by atoms with Crippen LogP contribution in [0.1, 0.15) is 33.5 Å². The van der Waals surface area contributed by atoms with Gasteiger partial charge in [-0.25, -0.2) is 0 Å². The maximum Gasteiger partial charge on any atom is 0.189 e. The van der Waals surface area contributed by atoms with E-state index < -0.39 is 0 Å². The van der Waals surface area contributed by atoms with Crippen molar-refractivity contribution in [3.8, 4) is 5.75 Å². The second-order valence-corrected chi connectivity index (χ2v) is 7.12. The first kappa shape index (κ1) is 18.0. The lowest BCUT2D eigenvalue weighted by atomic mass is 9.86. The number of nitrogens with zero attached hydrogens (tertiary/aromatic N) is 1. The molecule has 0 bridgehead atoms. The van der Waals surface area contributed by atoms with E-state index in [0.29, 0.717) is 0 Å². The minimum atomic E-state index is 0.155. The molecule has 0 N–H and O–H groups in total. The van der Waals surface area contributed by atoms with Crippen LogP contribution >= 0.6 is 0 Å². The Morgan fingerprint density at radius 1 is 1.11 bits per heavy atom. The molecule has 0 atom stereocenters. The third-order valence-electron chi connectivity index (χ3n) is 5.36. The van der Waals surface area contributed by atoms with Crippen LogP contribution in [-0.2, 0) is 17.7 Å². The zero-order valence-corrected chi connectivity index (χ0v) is 15.7. The number of carbonyl (C=O) groups is 1. The third-order valence-corrected chi connectivity index (χ3v) is 5.36. The van der Waals surface area contributed by atoms with Crippen LogP contribution in [0.3, 0.4) is 0 Å². The summed E-state index contributed by atoms with van der Waals surface area (Å²) in [6.45, 7) is 4.26. The Hall–Kier alpha value is -2.43. The number of rotatable bonds is 4. The fourth-order valence-corrected chi connectivity index (χ4v) is 3.87. The molecule has 0 amide bonds. The summed E-state index contributed by atoms with van der Waals surface area (Å²) in [6, 6.07) is 14.1. The maximum absolute atomic E-state index is 12.8. The van der Waals surface area contributed by atoms with E-state index in [9.17, 15) is 4.79 Å². The molecule has 1 fully saturated rings. The van der Waals surface area contributed by atoms with Gasteiger partial charge in [-0.2, -0.15) is 0 Å². The lowest BCUT2D eigenvalue weighted by molar-refractivity contribution is 0.0339. The van der Waals surface area contributed by atoms with Gasteiger partial charge in [-0.05, 0) is 42.2 Å². The Morgan fingerprint density at radius 3 is 2.74 bits per heavy atom. The number of Topliss-reactive ketones (excluding diaryl/α,β-unsaturated/α-hetero) is 1. The average Bonchev–Trinajstić information content (AvgIpc) is 2.71. The number of carbonyl (C=O) groups excluding carboxylic acids is 1. The molecule has 0 unspecified atom stereocenters. The van der Waals surface area contributed by atoms with Crippen LogP contribution in [0.5, 0.6) is 5.75 Å². The first-order chi connectivity index (χ1) is 13.2. The predicted octanol–water partition coefficient (Wildman–Crippen LogP) is 3.74. The van der Waals surface area contributed by atoms with Gasteiger partial charge < -0.3 is 9.47 Å². The van der Waals surface area contributed by atoms with E-state index in [4.69, 9.17) is 9.47 Å². The number of ketones is 1. The van der Waals surface area contributed by atoms with Gasteiger partial charge in [0.25, 0.3) is 0 Å². The van der Waals surface area contributed by atoms with Crippen molar-refractivity contribution in [2.45, 2.75) is 19.4 Å². The van der Waals surface area contributed by atoms with Gasteiger partial charge in [-0.15, -0.1) is 0 Å². The molecule has 140 valence electrons. The molecule has 27 heavy (non-hydrogen) atoms. The van der Waals surface area contributed by atoms with Crippen LogP contribution in [0.15, 0.2) is 48.0 Å². The normalized spacial score (nSPS) is 19.1. The molecule has 4 rings (SSSR count). The van der Waals surface area contributed by atoms with E-state index in [2.05, 4.69) is 17.0 Å². The number of hydrogen-bond acceptors (Lipinski definition) is 4. The molecule has 1 saturated heterocycles. The number of benzene rings is 2. The number of ether oxygens (including phenoxy) is 2. The van der Waals surface area contributed by atoms with Gasteiger partial charge in [0.05, 0.1) is 20.3 Å². The Bertz CT molecular complexity index is 866. The van der Waals surface area contributed by atoms with Crippen LogP contribution in [0.2, 0.25) is 0 Å². The molecule has 2 aromatic carbocycles. The van der Waals surface area contributed by atoms with Crippen molar-refractivity contribution in [1.82, 2.24) is 4.90 Å². The topological polar surface area (TPSA) is 38.8 Å². The number of morpholine rings is 1. The lowest BCUT2D eigenvalue weighted by Gasteiger charge is -2.27. The van der Waals surface area contributed by atoms with Crippen molar-refractivity contribution in [2.24, 2.45) is 0 Å². The van der Waals surface area contributed by atoms with E-state index in [0.717, 1.165) is 79.3 Å². The Kier molecular flexibility index (Phi) is 5.37. The number of fused-ring (bicyclic) bond motifs is 1. The highest BCUT2D eigenvalue weighted by atomic mass is 16.5. The highest BCUT2D eigenvalue weighted by Crippen LogP contribution is 2.28. The molecule has 1 aliphatic carbocycles. The standard InChI is InChI=1S/C23H25NO3/c1-26-22-9-6-17(15-20(22)16-24-10-12-27-13-11-24)14-19-8-7-18-4-2-3-5-21(18)23(19)25/h2-6,9,14-15H,7-8,10-13,16H2,1H3. The van der Waals surface area contributed by atoms with Crippen molar-refractivity contribution < 1.29 is 14.3 Å². The van der Waals surface area contributed by atoms with Crippen molar-refractivity contribution >= 4 is 11.9 Å². The molecule has 2 aromatic rings. The van der Waals surface area contributed by atoms with Crippen LogP contribution < -0.4 is 4.74 Å². The molecular formula is C23H25NO3. The summed E-state index contributed by atoms with van der Waals surface area (Å²) in [5.74, 6) is 1.05. The average molecular weight is 363 g/mol. The van der Waals surface area contributed by atoms with E-state index in [1.165, 1.54) is 0 Å².